The van der Waals surface area contributed by atoms with Gasteiger partial charge in [0.05, 0.1) is 6.54 Å². The Morgan fingerprint density at radius 2 is 1.84 bits per heavy atom. The fourth-order valence-corrected chi connectivity index (χ4v) is 2.70. The fraction of sp³-hybridized carbons (Fsp3) is 0.846. The quantitative estimate of drug-likeness (QED) is 0.441. The van der Waals surface area contributed by atoms with Crippen molar-refractivity contribution in [2.45, 2.75) is 44.6 Å². The van der Waals surface area contributed by atoms with Gasteiger partial charge in [0.15, 0.2) is 5.96 Å². The van der Waals surface area contributed by atoms with Crippen molar-refractivity contribution >= 4 is 35.8 Å². The first-order chi connectivity index (χ1) is 8.79. The number of hydrogen-bond acceptors (Lipinski definition) is 2. The predicted molar refractivity (Wildman–Crippen MR) is 88.0 cm³/mol. The number of carbonyl (C=O) groups is 1. The normalized spacial score (nSPS) is 20.3. The zero-order valence-electron chi connectivity index (χ0n) is 11.7. The maximum atomic E-state index is 11.9. The van der Waals surface area contributed by atoms with E-state index >= 15 is 0 Å². The lowest BCUT2D eigenvalue weighted by Crippen LogP contribution is -2.46. The SMILES string of the molecule is CN=C(NCC(=O)N1CCCC1)NC1CCCC1.I. The molecule has 1 heterocycles. The number of likely N-dealkylation sites (tertiary alicyclic amines) is 1. The van der Waals surface area contributed by atoms with E-state index in [0.717, 1.165) is 31.9 Å². The van der Waals surface area contributed by atoms with Crippen molar-refractivity contribution in [1.29, 1.82) is 0 Å². The summed E-state index contributed by atoms with van der Waals surface area (Å²) in [6, 6.07) is 0.526. The number of aliphatic imine (C=N–C) groups is 1. The van der Waals surface area contributed by atoms with E-state index in [1.807, 2.05) is 4.90 Å². The van der Waals surface area contributed by atoms with E-state index in [-0.39, 0.29) is 29.9 Å². The van der Waals surface area contributed by atoms with Gasteiger partial charge in [-0.15, -0.1) is 24.0 Å². The Bertz CT molecular complexity index is 310. The fourth-order valence-electron chi connectivity index (χ4n) is 2.70. The molecular weight excluding hydrogens is 355 g/mol. The van der Waals surface area contributed by atoms with E-state index in [0.29, 0.717) is 12.6 Å². The standard InChI is InChI=1S/C13H24N4O.HI/c1-14-13(16-11-6-2-3-7-11)15-10-12(18)17-8-4-5-9-17;/h11H,2-10H2,1H3,(H2,14,15,16);1H. The third-order valence-electron chi connectivity index (χ3n) is 3.79. The summed E-state index contributed by atoms with van der Waals surface area (Å²) in [5, 5.41) is 6.50. The van der Waals surface area contributed by atoms with Crippen LogP contribution >= 0.6 is 24.0 Å². The molecule has 2 fully saturated rings. The zero-order valence-corrected chi connectivity index (χ0v) is 14.0. The van der Waals surface area contributed by atoms with E-state index in [9.17, 15) is 4.79 Å². The lowest BCUT2D eigenvalue weighted by atomic mass is 10.2. The highest BCUT2D eigenvalue weighted by Crippen LogP contribution is 2.17. The van der Waals surface area contributed by atoms with E-state index < -0.39 is 0 Å². The molecule has 0 aromatic carbocycles. The van der Waals surface area contributed by atoms with Crippen LogP contribution in [0.25, 0.3) is 0 Å². The van der Waals surface area contributed by atoms with Crippen LogP contribution in [0.15, 0.2) is 4.99 Å². The molecule has 1 aliphatic carbocycles. The van der Waals surface area contributed by atoms with Gasteiger partial charge >= 0.3 is 0 Å². The summed E-state index contributed by atoms with van der Waals surface area (Å²) < 4.78 is 0. The van der Waals surface area contributed by atoms with Crippen LogP contribution in [0.2, 0.25) is 0 Å². The summed E-state index contributed by atoms with van der Waals surface area (Å²) in [4.78, 5) is 18.0. The van der Waals surface area contributed by atoms with Crippen molar-refractivity contribution in [3.8, 4) is 0 Å². The molecule has 110 valence electrons. The van der Waals surface area contributed by atoms with Crippen molar-refractivity contribution < 1.29 is 4.79 Å². The Balaban J connectivity index is 0.00000180. The molecule has 2 aliphatic rings. The number of rotatable bonds is 3. The molecule has 0 atom stereocenters. The minimum atomic E-state index is 0. The Morgan fingerprint density at radius 1 is 1.21 bits per heavy atom. The zero-order chi connectivity index (χ0) is 12.8. The van der Waals surface area contributed by atoms with Crippen molar-refractivity contribution in [2.24, 2.45) is 4.99 Å². The molecule has 19 heavy (non-hydrogen) atoms. The summed E-state index contributed by atoms with van der Waals surface area (Å²) in [5.41, 5.74) is 0. The highest BCUT2D eigenvalue weighted by Gasteiger charge is 2.19. The molecule has 1 saturated heterocycles. The van der Waals surface area contributed by atoms with E-state index in [4.69, 9.17) is 0 Å². The molecule has 5 nitrogen and oxygen atoms in total. The summed E-state index contributed by atoms with van der Waals surface area (Å²) in [7, 11) is 1.75. The maximum Gasteiger partial charge on any atom is 0.241 e. The smallest absolute Gasteiger partial charge is 0.241 e. The van der Waals surface area contributed by atoms with Crippen LogP contribution in [0.4, 0.5) is 0 Å². The van der Waals surface area contributed by atoms with E-state index in [1.54, 1.807) is 7.05 Å². The van der Waals surface area contributed by atoms with Crippen molar-refractivity contribution in [2.75, 3.05) is 26.7 Å². The van der Waals surface area contributed by atoms with E-state index in [2.05, 4.69) is 15.6 Å². The number of halogens is 1. The van der Waals surface area contributed by atoms with Gasteiger partial charge < -0.3 is 15.5 Å². The monoisotopic (exact) mass is 380 g/mol. The van der Waals surface area contributed by atoms with Crippen molar-refractivity contribution in [3.63, 3.8) is 0 Å². The van der Waals surface area contributed by atoms with Crippen molar-refractivity contribution in [1.82, 2.24) is 15.5 Å². The predicted octanol–water partition coefficient (Wildman–Crippen LogP) is 1.33. The minimum absolute atomic E-state index is 0. The first kappa shape index (κ1) is 16.5. The lowest BCUT2D eigenvalue weighted by Gasteiger charge is -2.19. The molecule has 0 aromatic rings. The molecular formula is C13H25IN4O. The van der Waals surface area contributed by atoms with Crippen LogP contribution in [-0.4, -0.2) is 49.5 Å². The first-order valence-corrected chi connectivity index (χ1v) is 7.04. The number of amides is 1. The number of nitrogens with zero attached hydrogens (tertiary/aromatic N) is 2. The van der Waals surface area contributed by atoms with Gasteiger partial charge in [0.1, 0.15) is 0 Å². The van der Waals surface area contributed by atoms with Crippen LogP contribution in [-0.2, 0) is 4.79 Å². The third-order valence-corrected chi connectivity index (χ3v) is 3.79. The molecule has 1 amide bonds. The van der Waals surface area contributed by atoms with Crippen LogP contribution in [0.1, 0.15) is 38.5 Å². The average molecular weight is 380 g/mol. The second-order valence-corrected chi connectivity index (χ2v) is 5.14. The summed E-state index contributed by atoms with van der Waals surface area (Å²) in [6.07, 6.45) is 7.28. The van der Waals surface area contributed by atoms with Crippen molar-refractivity contribution in [3.05, 3.63) is 0 Å². The average Bonchev–Trinajstić information content (AvgIpc) is 3.06. The molecule has 0 bridgehead atoms. The minimum Gasteiger partial charge on any atom is -0.354 e. The number of nitrogens with one attached hydrogen (secondary N) is 2. The van der Waals surface area contributed by atoms with Gasteiger partial charge in [0, 0.05) is 26.2 Å². The summed E-state index contributed by atoms with van der Waals surface area (Å²) in [6.45, 7) is 2.18. The summed E-state index contributed by atoms with van der Waals surface area (Å²) >= 11 is 0. The van der Waals surface area contributed by atoms with Crippen LogP contribution in [0, 0.1) is 0 Å². The second kappa shape index (κ2) is 8.60. The van der Waals surface area contributed by atoms with Gasteiger partial charge in [0.25, 0.3) is 0 Å². The molecule has 1 saturated carbocycles. The Hall–Kier alpha value is -0.530. The molecule has 6 heteroatoms. The Kier molecular flexibility index (Phi) is 7.48. The lowest BCUT2D eigenvalue weighted by molar-refractivity contribution is -0.128. The third kappa shape index (κ3) is 5.16. The summed E-state index contributed by atoms with van der Waals surface area (Å²) in [5.74, 6) is 0.941. The molecule has 1 aliphatic heterocycles. The largest absolute Gasteiger partial charge is 0.354 e. The highest BCUT2D eigenvalue weighted by molar-refractivity contribution is 14.0. The molecule has 0 spiro atoms. The molecule has 0 radical (unpaired) electrons. The van der Waals surface area contributed by atoms with E-state index in [1.165, 1.54) is 25.7 Å². The number of guanidine groups is 1. The molecule has 0 aromatic heterocycles. The van der Waals surface area contributed by atoms with Gasteiger partial charge in [-0.3, -0.25) is 9.79 Å². The molecule has 2 rings (SSSR count). The molecule has 2 N–H and O–H groups in total. The van der Waals surface area contributed by atoms with Crippen LogP contribution in [0.5, 0.6) is 0 Å². The topological polar surface area (TPSA) is 56.7 Å². The Morgan fingerprint density at radius 3 is 2.42 bits per heavy atom. The maximum absolute atomic E-state index is 11.9. The number of carbonyl (C=O) groups excluding carboxylic acids is 1. The second-order valence-electron chi connectivity index (χ2n) is 5.14. The number of hydrogen-bond donors (Lipinski definition) is 2. The van der Waals surface area contributed by atoms with Gasteiger partial charge in [-0.25, -0.2) is 0 Å². The Labute approximate surface area is 132 Å². The van der Waals surface area contributed by atoms with Gasteiger partial charge in [0.2, 0.25) is 5.91 Å². The highest BCUT2D eigenvalue weighted by atomic mass is 127. The van der Waals surface area contributed by atoms with Crippen LogP contribution in [0.3, 0.4) is 0 Å². The first-order valence-electron chi connectivity index (χ1n) is 7.04. The van der Waals surface area contributed by atoms with Crippen LogP contribution < -0.4 is 10.6 Å². The van der Waals surface area contributed by atoms with Gasteiger partial charge in [-0.1, -0.05) is 12.8 Å². The van der Waals surface area contributed by atoms with Gasteiger partial charge in [-0.2, -0.15) is 0 Å². The molecule has 0 unspecified atom stereocenters. The van der Waals surface area contributed by atoms with Gasteiger partial charge in [-0.05, 0) is 25.7 Å².